The zero-order valence-electron chi connectivity index (χ0n) is 9.98. The molecule has 0 unspecified atom stereocenters. The van der Waals surface area contributed by atoms with Crippen molar-refractivity contribution in [2.75, 3.05) is 19.1 Å². The van der Waals surface area contributed by atoms with Crippen LogP contribution < -0.4 is 10.5 Å². The molecule has 2 rings (SSSR count). The Labute approximate surface area is 104 Å². The van der Waals surface area contributed by atoms with E-state index < -0.39 is 0 Å². The molecule has 90 valence electrons. The second kappa shape index (κ2) is 4.71. The molecule has 0 saturated heterocycles. The van der Waals surface area contributed by atoms with E-state index in [1.54, 1.807) is 25.1 Å². The Kier molecular flexibility index (Phi) is 3.28. The number of nitrogens with zero attached hydrogens (tertiary/aromatic N) is 1. The molecule has 17 heavy (non-hydrogen) atoms. The number of nitrogens with two attached hydrogens (primary N) is 1. The molecule has 0 bridgehead atoms. The molecule has 1 aromatic carbocycles. The van der Waals surface area contributed by atoms with Gasteiger partial charge in [0.15, 0.2) is 0 Å². The number of anilines is 1. The van der Waals surface area contributed by atoms with E-state index >= 15 is 0 Å². The lowest BCUT2D eigenvalue weighted by molar-refractivity contribution is 0.412. The van der Waals surface area contributed by atoms with Crippen LogP contribution in [-0.2, 0) is 0 Å². The summed E-state index contributed by atoms with van der Waals surface area (Å²) in [6, 6.07) is 4.07. The summed E-state index contributed by atoms with van der Waals surface area (Å²) in [6.07, 6.45) is 3.63. The number of hydrogen-bond donors (Lipinski definition) is 1. The number of aromatic nitrogens is 1. The summed E-state index contributed by atoms with van der Waals surface area (Å²) in [5.74, 6) is 1.12. The molecule has 0 aliphatic carbocycles. The number of nitrogen functional groups attached to an aromatic ring is 1. The van der Waals surface area contributed by atoms with E-state index in [9.17, 15) is 0 Å². The third kappa shape index (κ3) is 1.98. The Balaban J connectivity index is 2.73. The van der Waals surface area contributed by atoms with Gasteiger partial charge in [0.1, 0.15) is 5.75 Å². The number of benzene rings is 1. The summed E-state index contributed by atoms with van der Waals surface area (Å²) in [7, 11) is 1.65. The summed E-state index contributed by atoms with van der Waals surface area (Å²) in [5, 5.41) is 3.71. The van der Waals surface area contributed by atoms with Crippen LogP contribution >= 0.6 is 11.8 Å². The van der Waals surface area contributed by atoms with E-state index in [0.29, 0.717) is 5.88 Å². The summed E-state index contributed by atoms with van der Waals surface area (Å²) < 4.78 is 10.4. The van der Waals surface area contributed by atoms with Crippen LogP contribution in [0.3, 0.4) is 0 Å². The van der Waals surface area contributed by atoms with Crippen molar-refractivity contribution in [1.29, 1.82) is 0 Å². The molecule has 0 aliphatic rings. The maximum absolute atomic E-state index is 5.78. The molecule has 2 N–H and O–H groups in total. The number of ether oxygens (including phenoxy) is 1. The predicted octanol–water partition coefficient (Wildman–Crippen LogP) is 2.96. The van der Waals surface area contributed by atoms with Crippen LogP contribution in [0.1, 0.15) is 5.56 Å². The number of hydrogen-bond acceptors (Lipinski definition) is 5. The van der Waals surface area contributed by atoms with Crippen LogP contribution in [0.2, 0.25) is 0 Å². The number of aryl methyl sites for hydroxylation is 1. The van der Waals surface area contributed by atoms with Gasteiger partial charge in [-0.05, 0) is 24.8 Å². The SMILES string of the molecule is COc1c(C)ccc(SC)c1-c1cnoc1N. The van der Waals surface area contributed by atoms with Crippen molar-refractivity contribution in [3.05, 3.63) is 23.9 Å². The Morgan fingerprint density at radius 3 is 2.71 bits per heavy atom. The van der Waals surface area contributed by atoms with Crippen LogP contribution in [0.5, 0.6) is 5.75 Å². The fourth-order valence-corrected chi connectivity index (χ4v) is 2.40. The zero-order valence-corrected chi connectivity index (χ0v) is 10.8. The third-order valence-corrected chi connectivity index (χ3v) is 3.39. The van der Waals surface area contributed by atoms with E-state index in [1.165, 1.54) is 0 Å². The van der Waals surface area contributed by atoms with E-state index in [1.807, 2.05) is 25.3 Å². The van der Waals surface area contributed by atoms with Gasteiger partial charge >= 0.3 is 0 Å². The molecule has 0 atom stereocenters. The fourth-order valence-electron chi connectivity index (χ4n) is 1.79. The van der Waals surface area contributed by atoms with Gasteiger partial charge in [-0.25, -0.2) is 0 Å². The second-order valence-electron chi connectivity index (χ2n) is 3.60. The number of rotatable bonds is 3. The largest absolute Gasteiger partial charge is 0.496 e. The van der Waals surface area contributed by atoms with Crippen LogP contribution in [0, 0.1) is 6.92 Å². The van der Waals surface area contributed by atoms with Crippen molar-refractivity contribution in [3.8, 4) is 16.9 Å². The monoisotopic (exact) mass is 250 g/mol. The minimum atomic E-state index is 0.309. The maximum atomic E-state index is 5.78. The highest BCUT2D eigenvalue weighted by Crippen LogP contribution is 2.42. The van der Waals surface area contributed by atoms with Gasteiger partial charge in [0, 0.05) is 10.5 Å². The second-order valence-corrected chi connectivity index (χ2v) is 4.44. The average molecular weight is 250 g/mol. The Morgan fingerprint density at radius 1 is 1.41 bits per heavy atom. The van der Waals surface area contributed by atoms with Crippen molar-refractivity contribution in [1.82, 2.24) is 5.16 Å². The van der Waals surface area contributed by atoms with Crippen LogP contribution in [0.25, 0.3) is 11.1 Å². The van der Waals surface area contributed by atoms with Gasteiger partial charge in [-0.1, -0.05) is 11.2 Å². The summed E-state index contributed by atoms with van der Waals surface area (Å²) >= 11 is 1.64. The zero-order chi connectivity index (χ0) is 12.4. The molecule has 0 spiro atoms. The average Bonchev–Trinajstić information content (AvgIpc) is 2.74. The van der Waals surface area contributed by atoms with Gasteiger partial charge < -0.3 is 15.0 Å². The van der Waals surface area contributed by atoms with E-state index in [0.717, 1.165) is 27.3 Å². The minimum absolute atomic E-state index is 0.309. The predicted molar refractivity (Wildman–Crippen MR) is 69.4 cm³/mol. The quantitative estimate of drug-likeness (QED) is 0.848. The van der Waals surface area contributed by atoms with Gasteiger partial charge in [0.25, 0.3) is 0 Å². The Hall–Kier alpha value is -1.62. The first kappa shape index (κ1) is 11.9. The van der Waals surface area contributed by atoms with Gasteiger partial charge in [0.2, 0.25) is 5.88 Å². The minimum Gasteiger partial charge on any atom is -0.496 e. The molecular weight excluding hydrogens is 236 g/mol. The Bertz CT molecular complexity index is 537. The molecule has 4 nitrogen and oxygen atoms in total. The first-order valence-corrected chi connectivity index (χ1v) is 6.33. The first-order chi connectivity index (χ1) is 8.19. The first-order valence-electron chi connectivity index (χ1n) is 5.11. The fraction of sp³-hybridized carbons (Fsp3) is 0.250. The summed E-state index contributed by atoms with van der Waals surface area (Å²) in [5.41, 5.74) is 8.55. The van der Waals surface area contributed by atoms with Crippen LogP contribution in [-0.4, -0.2) is 18.5 Å². The van der Waals surface area contributed by atoms with Crippen molar-refractivity contribution in [2.24, 2.45) is 0 Å². The molecule has 1 heterocycles. The van der Waals surface area contributed by atoms with Crippen molar-refractivity contribution in [3.63, 3.8) is 0 Å². The van der Waals surface area contributed by atoms with E-state index in [2.05, 4.69) is 5.16 Å². The standard InChI is InChI=1S/C12H14N2O2S/c1-7-4-5-9(17-3)10(11(7)15-2)8-6-14-16-12(8)13/h4-6H,13H2,1-3H3. The third-order valence-electron chi connectivity index (χ3n) is 2.61. The van der Waals surface area contributed by atoms with Crippen molar-refractivity contribution >= 4 is 17.6 Å². The molecule has 0 aliphatic heterocycles. The number of thioether (sulfide) groups is 1. The Morgan fingerprint density at radius 2 is 2.18 bits per heavy atom. The van der Waals surface area contributed by atoms with E-state index in [4.69, 9.17) is 15.0 Å². The highest BCUT2D eigenvalue weighted by molar-refractivity contribution is 7.98. The lowest BCUT2D eigenvalue weighted by Crippen LogP contribution is -1.95. The van der Waals surface area contributed by atoms with Gasteiger partial charge in [-0.15, -0.1) is 11.8 Å². The van der Waals surface area contributed by atoms with E-state index in [-0.39, 0.29) is 0 Å². The summed E-state index contributed by atoms with van der Waals surface area (Å²) in [6.45, 7) is 2.00. The lowest BCUT2D eigenvalue weighted by Gasteiger charge is -2.13. The molecule has 1 aromatic heterocycles. The molecule has 0 saturated carbocycles. The molecular formula is C12H14N2O2S. The molecule has 2 aromatic rings. The summed E-state index contributed by atoms with van der Waals surface area (Å²) in [4.78, 5) is 1.09. The molecule has 0 amide bonds. The lowest BCUT2D eigenvalue weighted by atomic mass is 10.0. The highest BCUT2D eigenvalue weighted by Gasteiger charge is 2.18. The maximum Gasteiger partial charge on any atom is 0.230 e. The van der Waals surface area contributed by atoms with Crippen molar-refractivity contribution < 1.29 is 9.26 Å². The van der Waals surface area contributed by atoms with Crippen molar-refractivity contribution in [2.45, 2.75) is 11.8 Å². The van der Waals surface area contributed by atoms with Crippen LogP contribution in [0.15, 0.2) is 27.7 Å². The smallest absolute Gasteiger partial charge is 0.230 e. The topological polar surface area (TPSA) is 61.3 Å². The molecule has 0 radical (unpaired) electrons. The highest BCUT2D eigenvalue weighted by atomic mass is 32.2. The number of methoxy groups -OCH3 is 1. The van der Waals surface area contributed by atoms with Gasteiger partial charge in [0.05, 0.1) is 18.9 Å². The molecule has 0 fully saturated rings. The normalized spacial score (nSPS) is 10.5. The molecule has 5 heteroatoms. The van der Waals surface area contributed by atoms with Crippen LogP contribution in [0.4, 0.5) is 5.88 Å². The van der Waals surface area contributed by atoms with Gasteiger partial charge in [-0.2, -0.15) is 0 Å². The van der Waals surface area contributed by atoms with Gasteiger partial charge in [-0.3, -0.25) is 0 Å².